The summed E-state index contributed by atoms with van der Waals surface area (Å²) < 4.78 is 0. The van der Waals surface area contributed by atoms with Gasteiger partial charge in [0, 0.05) is 12.6 Å². The molecule has 0 radical (unpaired) electrons. The number of thiophene rings is 1. The molecule has 1 aromatic heterocycles. The SMILES string of the molecule is CCCC1CCCCN1C(=O)c1ccc(C#CCN)s1. The fraction of sp³-hybridized carbons (Fsp3) is 0.562. The number of piperidine rings is 1. The molecule has 0 spiro atoms. The highest BCUT2D eigenvalue weighted by atomic mass is 32.1. The Labute approximate surface area is 125 Å². The first-order valence-corrected chi connectivity index (χ1v) is 8.17. The molecule has 1 aliphatic rings. The van der Waals surface area contributed by atoms with Crippen LogP contribution in [-0.2, 0) is 0 Å². The van der Waals surface area contributed by atoms with E-state index in [0.717, 1.165) is 42.0 Å². The fourth-order valence-corrected chi connectivity index (χ4v) is 3.54. The average Bonchev–Trinajstić information content (AvgIpc) is 2.94. The summed E-state index contributed by atoms with van der Waals surface area (Å²) in [4.78, 5) is 16.4. The predicted molar refractivity (Wildman–Crippen MR) is 83.8 cm³/mol. The van der Waals surface area contributed by atoms with Crippen molar-refractivity contribution in [2.75, 3.05) is 13.1 Å². The van der Waals surface area contributed by atoms with Crippen molar-refractivity contribution in [2.45, 2.75) is 45.1 Å². The van der Waals surface area contributed by atoms with E-state index in [4.69, 9.17) is 5.73 Å². The van der Waals surface area contributed by atoms with E-state index in [-0.39, 0.29) is 5.91 Å². The van der Waals surface area contributed by atoms with Gasteiger partial charge in [0.25, 0.3) is 5.91 Å². The second-order valence-electron chi connectivity index (χ2n) is 5.11. The molecule has 1 atom stereocenters. The molecule has 0 bridgehead atoms. The average molecular weight is 290 g/mol. The summed E-state index contributed by atoms with van der Waals surface area (Å²) in [5.41, 5.74) is 5.37. The standard InChI is InChI=1S/C16H22N2OS/c1-2-6-13-7-3-4-12-18(13)16(19)15-10-9-14(20-15)8-5-11-17/h9-10,13H,2-4,6-7,11-12,17H2,1H3. The Hall–Kier alpha value is -1.31. The molecular weight excluding hydrogens is 268 g/mol. The van der Waals surface area contributed by atoms with Crippen molar-refractivity contribution in [3.63, 3.8) is 0 Å². The predicted octanol–water partition coefficient (Wildman–Crippen LogP) is 2.85. The van der Waals surface area contributed by atoms with Crippen molar-refractivity contribution in [1.29, 1.82) is 0 Å². The lowest BCUT2D eigenvalue weighted by Crippen LogP contribution is -2.43. The third kappa shape index (κ3) is 3.62. The summed E-state index contributed by atoms with van der Waals surface area (Å²) in [6.07, 6.45) is 5.75. The van der Waals surface area contributed by atoms with Gasteiger partial charge in [0.05, 0.1) is 16.3 Å². The van der Waals surface area contributed by atoms with Crippen molar-refractivity contribution >= 4 is 17.2 Å². The molecule has 2 rings (SSSR count). The zero-order valence-corrected chi connectivity index (χ0v) is 12.8. The van der Waals surface area contributed by atoms with Crippen molar-refractivity contribution in [2.24, 2.45) is 5.73 Å². The van der Waals surface area contributed by atoms with Crippen LogP contribution in [-0.4, -0.2) is 29.9 Å². The van der Waals surface area contributed by atoms with Gasteiger partial charge in [0.1, 0.15) is 0 Å². The van der Waals surface area contributed by atoms with E-state index in [9.17, 15) is 4.79 Å². The van der Waals surface area contributed by atoms with E-state index in [1.165, 1.54) is 17.8 Å². The van der Waals surface area contributed by atoms with E-state index >= 15 is 0 Å². The van der Waals surface area contributed by atoms with Crippen molar-refractivity contribution in [3.8, 4) is 11.8 Å². The lowest BCUT2D eigenvalue weighted by molar-refractivity contribution is 0.0606. The Morgan fingerprint density at radius 1 is 1.50 bits per heavy atom. The first-order chi connectivity index (χ1) is 9.76. The Bertz CT molecular complexity index is 510. The number of nitrogens with zero attached hydrogens (tertiary/aromatic N) is 1. The Kier molecular flexibility index (Phi) is 5.63. The molecule has 0 aromatic carbocycles. The molecule has 1 amide bonds. The fourth-order valence-electron chi connectivity index (χ4n) is 2.70. The number of likely N-dealkylation sites (tertiary alicyclic amines) is 1. The molecule has 4 heteroatoms. The summed E-state index contributed by atoms with van der Waals surface area (Å²) in [6, 6.07) is 4.23. The van der Waals surface area contributed by atoms with Gasteiger partial charge in [-0.3, -0.25) is 4.79 Å². The van der Waals surface area contributed by atoms with Crippen LogP contribution in [0.3, 0.4) is 0 Å². The van der Waals surface area contributed by atoms with Crippen LogP contribution < -0.4 is 5.73 Å². The number of carbonyl (C=O) groups excluding carboxylic acids is 1. The smallest absolute Gasteiger partial charge is 0.264 e. The second kappa shape index (κ2) is 7.47. The molecule has 1 aromatic rings. The van der Waals surface area contributed by atoms with Crippen LogP contribution in [0.15, 0.2) is 12.1 Å². The van der Waals surface area contributed by atoms with Gasteiger partial charge in [0.15, 0.2) is 0 Å². The number of amides is 1. The third-order valence-electron chi connectivity index (χ3n) is 3.64. The highest BCUT2D eigenvalue weighted by molar-refractivity contribution is 7.14. The Balaban J connectivity index is 2.10. The van der Waals surface area contributed by atoms with Gasteiger partial charge in [-0.1, -0.05) is 25.2 Å². The summed E-state index contributed by atoms with van der Waals surface area (Å²) in [5, 5.41) is 0. The minimum atomic E-state index is 0.175. The van der Waals surface area contributed by atoms with Crippen LogP contribution >= 0.6 is 11.3 Å². The lowest BCUT2D eigenvalue weighted by atomic mass is 9.98. The van der Waals surface area contributed by atoms with Crippen molar-refractivity contribution < 1.29 is 4.79 Å². The van der Waals surface area contributed by atoms with Crippen LogP contribution in [0.25, 0.3) is 0 Å². The van der Waals surface area contributed by atoms with Gasteiger partial charge in [-0.15, -0.1) is 11.3 Å². The van der Waals surface area contributed by atoms with E-state index in [1.54, 1.807) is 0 Å². The molecule has 3 nitrogen and oxygen atoms in total. The van der Waals surface area contributed by atoms with E-state index in [1.807, 2.05) is 12.1 Å². The number of hydrogen-bond acceptors (Lipinski definition) is 3. The highest BCUT2D eigenvalue weighted by Gasteiger charge is 2.27. The molecule has 0 aliphatic carbocycles. The van der Waals surface area contributed by atoms with Crippen molar-refractivity contribution in [3.05, 3.63) is 21.9 Å². The normalized spacial score (nSPS) is 18.5. The maximum absolute atomic E-state index is 12.6. The third-order valence-corrected chi connectivity index (χ3v) is 4.63. The number of carbonyl (C=O) groups is 1. The minimum absolute atomic E-state index is 0.175. The van der Waals surface area contributed by atoms with E-state index in [2.05, 4.69) is 23.7 Å². The van der Waals surface area contributed by atoms with Crippen LogP contribution in [0, 0.1) is 11.8 Å². The molecule has 1 aliphatic heterocycles. The van der Waals surface area contributed by atoms with Crippen molar-refractivity contribution in [1.82, 2.24) is 4.90 Å². The van der Waals surface area contributed by atoms with Crippen LogP contribution in [0.4, 0.5) is 0 Å². The van der Waals surface area contributed by atoms with Gasteiger partial charge < -0.3 is 10.6 Å². The number of nitrogens with two attached hydrogens (primary N) is 1. The van der Waals surface area contributed by atoms with Gasteiger partial charge in [0.2, 0.25) is 0 Å². The molecule has 1 fully saturated rings. The molecule has 1 unspecified atom stereocenters. The summed E-state index contributed by atoms with van der Waals surface area (Å²) in [7, 11) is 0. The topological polar surface area (TPSA) is 46.3 Å². The maximum Gasteiger partial charge on any atom is 0.264 e. The number of rotatable bonds is 3. The van der Waals surface area contributed by atoms with Gasteiger partial charge in [-0.25, -0.2) is 0 Å². The monoisotopic (exact) mass is 290 g/mol. The largest absolute Gasteiger partial charge is 0.335 e. The minimum Gasteiger partial charge on any atom is -0.335 e. The Morgan fingerprint density at radius 3 is 3.10 bits per heavy atom. The van der Waals surface area contributed by atoms with Crippen LogP contribution in [0.2, 0.25) is 0 Å². The maximum atomic E-state index is 12.6. The molecule has 20 heavy (non-hydrogen) atoms. The number of hydrogen-bond donors (Lipinski definition) is 1. The molecular formula is C16H22N2OS. The first kappa shape index (κ1) is 15.1. The van der Waals surface area contributed by atoms with E-state index < -0.39 is 0 Å². The van der Waals surface area contributed by atoms with Gasteiger partial charge in [-0.2, -0.15) is 0 Å². The molecule has 0 saturated carbocycles. The second-order valence-corrected chi connectivity index (χ2v) is 6.19. The van der Waals surface area contributed by atoms with Gasteiger partial charge >= 0.3 is 0 Å². The van der Waals surface area contributed by atoms with Gasteiger partial charge in [-0.05, 0) is 37.8 Å². The highest BCUT2D eigenvalue weighted by Crippen LogP contribution is 2.25. The quantitative estimate of drug-likeness (QED) is 0.870. The zero-order chi connectivity index (χ0) is 14.4. The summed E-state index contributed by atoms with van der Waals surface area (Å²) in [5.74, 6) is 6.00. The zero-order valence-electron chi connectivity index (χ0n) is 12.0. The summed E-state index contributed by atoms with van der Waals surface area (Å²) >= 11 is 1.47. The summed E-state index contributed by atoms with van der Waals surface area (Å²) in [6.45, 7) is 3.43. The molecule has 2 heterocycles. The van der Waals surface area contributed by atoms with Crippen LogP contribution in [0.1, 0.15) is 53.6 Å². The lowest BCUT2D eigenvalue weighted by Gasteiger charge is -2.35. The Morgan fingerprint density at radius 2 is 2.35 bits per heavy atom. The van der Waals surface area contributed by atoms with E-state index in [0.29, 0.717) is 12.6 Å². The van der Waals surface area contributed by atoms with Crippen LogP contribution in [0.5, 0.6) is 0 Å². The molecule has 108 valence electrons. The molecule has 1 saturated heterocycles. The molecule has 2 N–H and O–H groups in total. The first-order valence-electron chi connectivity index (χ1n) is 7.36.